The monoisotopic (exact) mass is 349 g/mol. The van der Waals surface area contributed by atoms with Crippen molar-refractivity contribution in [3.05, 3.63) is 37.6 Å². The van der Waals surface area contributed by atoms with Crippen LogP contribution in [0.5, 0.6) is 0 Å². The van der Waals surface area contributed by atoms with Gasteiger partial charge in [-0.05, 0) is 12.5 Å². The van der Waals surface area contributed by atoms with Gasteiger partial charge >= 0.3 is 5.69 Å². The summed E-state index contributed by atoms with van der Waals surface area (Å²) in [5.41, 5.74) is -0.854. The molecule has 0 saturated carbocycles. The van der Waals surface area contributed by atoms with Crippen LogP contribution in [0.3, 0.4) is 0 Å². The maximum Gasteiger partial charge on any atom is 0.331 e. The van der Waals surface area contributed by atoms with Gasteiger partial charge in [0.05, 0.1) is 16.3 Å². The zero-order valence-corrected chi connectivity index (χ0v) is 14.0. The molecule has 11 heteroatoms. The summed E-state index contributed by atoms with van der Waals surface area (Å²) >= 11 is 1.09. The summed E-state index contributed by atoms with van der Waals surface area (Å²) in [5.74, 6) is 0.0256. The van der Waals surface area contributed by atoms with Crippen LogP contribution in [0.4, 0.5) is 0 Å². The van der Waals surface area contributed by atoms with E-state index >= 15 is 0 Å². The number of aromatic amines is 1. The molecule has 3 aromatic heterocycles. The molecule has 0 aliphatic heterocycles. The van der Waals surface area contributed by atoms with Crippen molar-refractivity contribution in [2.75, 3.05) is 0 Å². The van der Waals surface area contributed by atoms with Crippen molar-refractivity contribution < 1.29 is 4.79 Å². The Morgan fingerprint density at radius 3 is 2.75 bits per heavy atom. The number of carbonyl (C=O) groups excluding carboxylic acids is 1. The second kappa shape index (κ2) is 6.00. The summed E-state index contributed by atoms with van der Waals surface area (Å²) in [7, 11) is 2.97. The molecule has 24 heavy (non-hydrogen) atoms. The Balaban J connectivity index is 1.99. The van der Waals surface area contributed by atoms with Gasteiger partial charge in [0.25, 0.3) is 11.5 Å². The number of nitrogens with one attached hydrogen (secondary N) is 2. The number of nitrogens with zero attached hydrogens (tertiary/aromatic N) is 5. The molecule has 0 spiro atoms. The van der Waals surface area contributed by atoms with Crippen LogP contribution in [0.2, 0.25) is 0 Å². The van der Waals surface area contributed by atoms with Gasteiger partial charge in [-0.1, -0.05) is 12.1 Å². The van der Waals surface area contributed by atoms with Gasteiger partial charge in [-0.15, -0.1) is 21.5 Å². The Kier molecular flexibility index (Phi) is 4.01. The van der Waals surface area contributed by atoms with Crippen LogP contribution in [0.25, 0.3) is 10.2 Å². The predicted octanol–water partition coefficient (Wildman–Crippen LogP) is -0.307. The third kappa shape index (κ3) is 2.52. The number of amides is 1. The second-order valence-corrected chi connectivity index (χ2v) is 6.27. The van der Waals surface area contributed by atoms with Crippen LogP contribution >= 0.6 is 11.3 Å². The Labute approximate surface area is 139 Å². The number of aryl methyl sites for hydroxylation is 1. The molecule has 0 saturated heterocycles. The Morgan fingerprint density at radius 1 is 1.38 bits per heavy atom. The summed E-state index contributed by atoms with van der Waals surface area (Å²) in [6.45, 7) is 1.88. The number of carbonyl (C=O) groups is 1. The lowest BCUT2D eigenvalue weighted by atomic mass is 10.2. The third-order valence-corrected chi connectivity index (χ3v) is 4.95. The molecule has 10 nitrogen and oxygen atoms in total. The van der Waals surface area contributed by atoms with Crippen LogP contribution in [0.1, 0.15) is 34.9 Å². The van der Waals surface area contributed by atoms with Gasteiger partial charge < -0.3 is 5.32 Å². The van der Waals surface area contributed by atoms with Crippen molar-refractivity contribution in [2.24, 2.45) is 14.1 Å². The Hall–Kier alpha value is -2.82. The van der Waals surface area contributed by atoms with E-state index in [0.29, 0.717) is 27.3 Å². The molecule has 3 rings (SSSR count). The maximum absolute atomic E-state index is 12.5. The zero-order valence-electron chi connectivity index (χ0n) is 13.2. The van der Waals surface area contributed by atoms with E-state index in [9.17, 15) is 14.4 Å². The molecular weight excluding hydrogens is 334 g/mol. The molecule has 0 fully saturated rings. The molecule has 126 valence electrons. The van der Waals surface area contributed by atoms with Gasteiger partial charge in [-0.2, -0.15) is 5.21 Å². The smallest absolute Gasteiger partial charge is 0.331 e. The van der Waals surface area contributed by atoms with Crippen molar-refractivity contribution in [2.45, 2.75) is 19.4 Å². The van der Waals surface area contributed by atoms with Crippen LogP contribution < -0.4 is 16.6 Å². The highest BCUT2D eigenvalue weighted by Crippen LogP contribution is 2.22. The van der Waals surface area contributed by atoms with Gasteiger partial charge in [0, 0.05) is 14.1 Å². The van der Waals surface area contributed by atoms with Gasteiger partial charge in [-0.25, -0.2) is 4.79 Å². The normalized spacial score (nSPS) is 12.5. The van der Waals surface area contributed by atoms with E-state index in [4.69, 9.17) is 0 Å². The number of thiophene rings is 1. The molecule has 0 aliphatic rings. The highest BCUT2D eigenvalue weighted by molar-refractivity contribution is 7.20. The van der Waals surface area contributed by atoms with Crippen LogP contribution in [-0.4, -0.2) is 35.7 Å². The average Bonchev–Trinajstić information content (AvgIpc) is 3.25. The average molecular weight is 349 g/mol. The Bertz CT molecular complexity index is 1010. The number of hydrogen-bond acceptors (Lipinski definition) is 7. The molecule has 1 amide bonds. The fourth-order valence-corrected chi connectivity index (χ4v) is 3.38. The standard InChI is InChI=1S/C13H15N7O3S/c1-4-7(9-15-17-18-16-9)14-10(21)8-5-6-11(22)19(2)13(23)20(3)12(6)24-8/h5,7H,4H2,1-3H3,(H,14,21)(H,15,16,17,18). The molecule has 0 aliphatic carbocycles. The largest absolute Gasteiger partial charge is 0.341 e. The minimum absolute atomic E-state index is 0.336. The summed E-state index contributed by atoms with van der Waals surface area (Å²) < 4.78 is 2.37. The first-order valence-corrected chi connectivity index (χ1v) is 7.99. The van der Waals surface area contributed by atoms with E-state index in [1.54, 1.807) is 7.05 Å². The quantitative estimate of drug-likeness (QED) is 0.665. The lowest BCUT2D eigenvalue weighted by Crippen LogP contribution is -2.36. The minimum Gasteiger partial charge on any atom is -0.341 e. The number of fused-ring (bicyclic) bond motifs is 1. The first-order chi connectivity index (χ1) is 11.4. The molecule has 3 aromatic rings. The van der Waals surface area contributed by atoms with Crippen LogP contribution in [0, 0.1) is 0 Å². The molecule has 1 unspecified atom stereocenters. The van der Waals surface area contributed by atoms with Gasteiger partial charge in [0.2, 0.25) is 0 Å². The molecular formula is C13H15N7O3S. The fourth-order valence-electron chi connectivity index (χ4n) is 2.37. The minimum atomic E-state index is -0.431. The summed E-state index contributed by atoms with van der Waals surface area (Å²) in [5, 5.41) is 16.7. The van der Waals surface area contributed by atoms with Crippen molar-refractivity contribution in [1.82, 2.24) is 35.1 Å². The van der Waals surface area contributed by atoms with E-state index in [0.717, 1.165) is 15.9 Å². The van der Waals surface area contributed by atoms with Crippen LogP contribution in [0.15, 0.2) is 15.7 Å². The highest BCUT2D eigenvalue weighted by Gasteiger charge is 2.21. The number of aromatic nitrogens is 6. The van der Waals surface area contributed by atoms with Crippen molar-refractivity contribution in [1.29, 1.82) is 0 Å². The van der Waals surface area contributed by atoms with Crippen molar-refractivity contribution in [3.8, 4) is 0 Å². The number of rotatable bonds is 4. The lowest BCUT2D eigenvalue weighted by Gasteiger charge is -2.11. The topological polar surface area (TPSA) is 128 Å². The van der Waals surface area contributed by atoms with Crippen LogP contribution in [-0.2, 0) is 14.1 Å². The fraction of sp³-hybridized carbons (Fsp3) is 0.385. The van der Waals surface area contributed by atoms with E-state index in [1.165, 1.54) is 17.7 Å². The van der Waals surface area contributed by atoms with E-state index in [2.05, 4.69) is 25.9 Å². The molecule has 3 heterocycles. The number of hydrogen-bond donors (Lipinski definition) is 2. The first-order valence-electron chi connectivity index (χ1n) is 7.17. The lowest BCUT2D eigenvalue weighted by molar-refractivity contribution is 0.0938. The Morgan fingerprint density at radius 2 is 2.12 bits per heavy atom. The highest BCUT2D eigenvalue weighted by atomic mass is 32.1. The zero-order chi connectivity index (χ0) is 17.4. The molecule has 0 aromatic carbocycles. The summed E-state index contributed by atoms with van der Waals surface area (Å²) in [4.78, 5) is 37.4. The van der Waals surface area contributed by atoms with E-state index < -0.39 is 17.3 Å². The maximum atomic E-state index is 12.5. The van der Waals surface area contributed by atoms with Gasteiger partial charge in [-0.3, -0.25) is 18.7 Å². The first kappa shape index (κ1) is 16.1. The van der Waals surface area contributed by atoms with Gasteiger partial charge in [0.1, 0.15) is 4.83 Å². The van der Waals surface area contributed by atoms with Crippen molar-refractivity contribution in [3.63, 3.8) is 0 Å². The van der Waals surface area contributed by atoms with E-state index in [1.807, 2.05) is 6.92 Å². The summed E-state index contributed by atoms with van der Waals surface area (Å²) in [6, 6.07) is 1.10. The molecule has 1 atom stereocenters. The SMILES string of the molecule is CCC(NC(=O)c1cc2c(=O)n(C)c(=O)n(C)c2s1)c1nn[nH]n1. The van der Waals surface area contributed by atoms with Crippen molar-refractivity contribution >= 4 is 27.5 Å². The molecule has 0 radical (unpaired) electrons. The molecule has 0 bridgehead atoms. The summed E-state index contributed by atoms with van der Waals surface area (Å²) in [6.07, 6.45) is 0.580. The number of tetrazole rings is 1. The third-order valence-electron chi connectivity index (χ3n) is 3.74. The van der Waals surface area contributed by atoms with E-state index in [-0.39, 0.29) is 5.91 Å². The number of H-pyrrole nitrogens is 1. The molecule has 2 N–H and O–H groups in total. The second-order valence-electron chi connectivity index (χ2n) is 5.24. The predicted molar refractivity (Wildman–Crippen MR) is 87.0 cm³/mol. The van der Waals surface area contributed by atoms with Gasteiger partial charge in [0.15, 0.2) is 5.82 Å².